The van der Waals surface area contributed by atoms with Crippen molar-refractivity contribution in [3.05, 3.63) is 23.8 Å². The van der Waals surface area contributed by atoms with Crippen LogP contribution in [0.25, 0.3) is 11.0 Å². The minimum atomic E-state index is -3.05. The molecule has 2 rings (SSSR count). The minimum Gasteiger partial charge on any atom is -0.369 e. The van der Waals surface area contributed by atoms with E-state index in [9.17, 15) is 8.42 Å². The Balaban J connectivity index is 2.57. The molecular formula is C12H17N3O2S. The van der Waals surface area contributed by atoms with Gasteiger partial charge < -0.3 is 10.3 Å². The van der Waals surface area contributed by atoms with Crippen molar-refractivity contribution in [3.63, 3.8) is 0 Å². The normalized spacial score (nSPS) is 13.9. The van der Waals surface area contributed by atoms with E-state index in [1.807, 2.05) is 32.0 Å². The number of anilines is 1. The highest BCUT2D eigenvalue weighted by atomic mass is 32.2. The fourth-order valence-electron chi connectivity index (χ4n) is 2.25. The van der Waals surface area contributed by atoms with Crippen molar-refractivity contribution in [1.29, 1.82) is 0 Å². The van der Waals surface area contributed by atoms with Crippen LogP contribution in [0.15, 0.2) is 18.2 Å². The van der Waals surface area contributed by atoms with Gasteiger partial charge in [0.1, 0.15) is 9.84 Å². The van der Waals surface area contributed by atoms with E-state index in [1.54, 1.807) is 4.57 Å². The Labute approximate surface area is 107 Å². The third-order valence-corrected chi connectivity index (χ3v) is 4.02. The lowest BCUT2D eigenvalue weighted by Crippen LogP contribution is -2.18. The highest BCUT2D eigenvalue weighted by molar-refractivity contribution is 7.90. The standard InChI is InChI=1S/C12H17N3O2S/c1-8-5-4-6-10-11(8)14-12(13)15(10)9(2)7-18(3,16)17/h4-6,9H,7H2,1-3H3,(H2,13,14). The molecule has 2 N–H and O–H groups in total. The number of nitrogens with two attached hydrogens (primary N) is 1. The number of rotatable bonds is 3. The summed E-state index contributed by atoms with van der Waals surface area (Å²) in [7, 11) is -3.05. The number of hydrogen-bond acceptors (Lipinski definition) is 4. The zero-order valence-corrected chi connectivity index (χ0v) is 11.5. The zero-order chi connectivity index (χ0) is 13.5. The number of hydrogen-bond donors (Lipinski definition) is 1. The van der Waals surface area contributed by atoms with Gasteiger partial charge in [-0.2, -0.15) is 0 Å². The molecule has 0 fully saturated rings. The molecule has 1 aromatic heterocycles. The molecule has 1 aromatic carbocycles. The smallest absolute Gasteiger partial charge is 0.201 e. The van der Waals surface area contributed by atoms with Gasteiger partial charge in [-0.25, -0.2) is 13.4 Å². The fraction of sp³-hybridized carbons (Fsp3) is 0.417. The highest BCUT2D eigenvalue weighted by Gasteiger charge is 2.18. The molecule has 1 unspecified atom stereocenters. The van der Waals surface area contributed by atoms with Crippen molar-refractivity contribution in [3.8, 4) is 0 Å². The monoisotopic (exact) mass is 267 g/mol. The molecule has 18 heavy (non-hydrogen) atoms. The van der Waals surface area contributed by atoms with E-state index in [0.717, 1.165) is 16.6 Å². The summed E-state index contributed by atoms with van der Waals surface area (Å²) < 4.78 is 24.5. The lowest BCUT2D eigenvalue weighted by Gasteiger charge is -2.14. The molecule has 5 nitrogen and oxygen atoms in total. The third-order valence-electron chi connectivity index (χ3n) is 2.93. The zero-order valence-electron chi connectivity index (χ0n) is 10.7. The molecule has 0 aliphatic rings. The van der Waals surface area contributed by atoms with Gasteiger partial charge in [-0.1, -0.05) is 12.1 Å². The van der Waals surface area contributed by atoms with E-state index in [-0.39, 0.29) is 11.8 Å². The molecule has 0 aliphatic heterocycles. The van der Waals surface area contributed by atoms with E-state index in [0.29, 0.717) is 5.95 Å². The lowest BCUT2D eigenvalue weighted by molar-refractivity contribution is 0.571. The van der Waals surface area contributed by atoms with Gasteiger partial charge in [0.15, 0.2) is 0 Å². The Bertz CT molecular complexity index is 689. The molecule has 0 saturated heterocycles. The Morgan fingerprint density at radius 1 is 1.44 bits per heavy atom. The van der Waals surface area contributed by atoms with E-state index in [2.05, 4.69) is 4.98 Å². The summed E-state index contributed by atoms with van der Waals surface area (Å²) in [5.74, 6) is 0.409. The summed E-state index contributed by atoms with van der Waals surface area (Å²) in [5, 5.41) is 0. The number of aryl methyl sites for hydroxylation is 1. The van der Waals surface area contributed by atoms with Crippen molar-refractivity contribution in [1.82, 2.24) is 9.55 Å². The predicted molar refractivity (Wildman–Crippen MR) is 73.3 cm³/mol. The van der Waals surface area contributed by atoms with Crippen LogP contribution in [0.1, 0.15) is 18.5 Å². The van der Waals surface area contributed by atoms with E-state index >= 15 is 0 Å². The van der Waals surface area contributed by atoms with Crippen LogP contribution < -0.4 is 5.73 Å². The van der Waals surface area contributed by atoms with Crippen LogP contribution in [0.2, 0.25) is 0 Å². The largest absolute Gasteiger partial charge is 0.369 e. The van der Waals surface area contributed by atoms with Crippen molar-refractivity contribution in [2.75, 3.05) is 17.7 Å². The Kier molecular flexibility index (Phi) is 3.06. The number of benzene rings is 1. The maximum atomic E-state index is 11.4. The topological polar surface area (TPSA) is 78.0 Å². The average molecular weight is 267 g/mol. The molecule has 0 aliphatic carbocycles. The molecule has 0 amide bonds. The Morgan fingerprint density at radius 3 is 2.72 bits per heavy atom. The maximum Gasteiger partial charge on any atom is 0.201 e. The van der Waals surface area contributed by atoms with Crippen LogP contribution in [-0.4, -0.2) is 30.0 Å². The first-order chi connectivity index (χ1) is 8.29. The average Bonchev–Trinajstić information content (AvgIpc) is 2.53. The molecule has 6 heteroatoms. The SMILES string of the molecule is Cc1cccc2c1nc(N)n2C(C)CS(C)(=O)=O. The van der Waals surface area contributed by atoms with Crippen LogP contribution in [0.3, 0.4) is 0 Å². The quantitative estimate of drug-likeness (QED) is 0.914. The maximum absolute atomic E-state index is 11.4. The summed E-state index contributed by atoms with van der Waals surface area (Å²) in [6.07, 6.45) is 1.23. The Hall–Kier alpha value is -1.56. The number of para-hydroxylation sites is 1. The molecule has 2 aromatic rings. The summed E-state index contributed by atoms with van der Waals surface area (Å²) in [6, 6.07) is 5.56. The first-order valence-corrected chi connectivity index (χ1v) is 7.76. The number of fused-ring (bicyclic) bond motifs is 1. The molecule has 0 saturated carbocycles. The predicted octanol–water partition coefficient (Wildman–Crippen LogP) is 1.53. The van der Waals surface area contributed by atoms with Gasteiger partial charge >= 0.3 is 0 Å². The Morgan fingerprint density at radius 2 is 2.11 bits per heavy atom. The first-order valence-electron chi connectivity index (χ1n) is 5.70. The molecular weight excluding hydrogens is 250 g/mol. The number of aromatic nitrogens is 2. The molecule has 0 bridgehead atoms. The summed E-state index contributed by atoms with van der Waals surface area (Å²) in [6.45, 7) is 3.79. The number of nitrogens with zero attached hydrogens (tertiary/aromatic N) is 2. The van der Waals surface area contributed by atoms with Gasteiger partial charge in [0.05, 0.1) is 16.8 Å². The third kappa shape index (κ3) is 2.33. The molecule has 0 spiro atoms. The van der Waals surface area contributed by atoms with Gasteiger partial charge in [0.25, 0.3) is 0 Å². The minimum absolute atomic E-state index is 0.0522. The molecule has 0 radical (unpaired) electrons. The second-order valence-electron chi connectivity index (χ2n) is 4.72. The van der Waals surface area contributed by atoms with E-state index < -0.39 is 9.84 Å². The summed E-state index contributed by atoms with van der Waals surface area (Å²) in [4.78, 5) is 4.31. The number of nitrogen functional groups attached to an aromatic ring is 1. The highest BCUT2D eigenvalue weighted by Crippen LogP contribution is 2.25. The molecule has 1 atom stereocenters. The van der Waals surface area contributed by atoms with Gasteiger partial charge in [-0.15, -0.1) is 0 Å². The van der Waals surface area contributed by atoms with Gasteiger partial charge in [0.2, 0.25) is 5.95 Å². The van der Waals surface area contributed by atoms with Crippen LogP contribution in [-0.2, 0) is 9.84 Å². The first kappa shape index (κ1) is 12.9. The van der Waals surface area contributed by atoms with Crippen molar-refractivity contribution in [2.45, 2.75) is 19.9 Å². The number of sulfone groups is 1. The lowest BCUT2D eigenvalue weighted by atomic mass is 10.2. The van der Waals surface area contributed by atoms with Crippen molar-refractivity contribution < 1.29 is 8.42 Å². The second kappa shape index (κ2) is 4.28. The van der Waals surface area contributed by atoms with E-state index in [1.165, 1.54) is 6.26 Å². The van der Waals surface area contributed by atoms with Gasteiger partial charge in [-0.05, 0) is 25.5 Å². The molecule has 1 heterocycles. The van der Waals surface area contributed by atoms with Crippen LogP contribution in [0.5, 0.6) is 0 Å². The van der Waals surface area contributed by atoms with Crippen molar-refractivity contribution in [2.24, 2.45) is 0 Å². The second-order valence-corrected chi connectivity index (χ2v) is 6.91. The molecule has 98 valence electrons. The van der Waals surface area contributed by atoms with Crippen LogP contribution in [0, 0.1) is 6.92 Å². The van der Waals surface area contributed by atoms with Gasteiger partial charge in [0, 0.05) is 12.3 Å². The summed E-state index contributed by atoms with van der Waals surface area (Å²) in [5.41, 5.74) is 8.64. The van der Waals surface area contributed by atoms with Crippen LogP contribution in [0.4, 0.5) is 5.95 Å². The van der Waals surface area contributed by atoms with Crippen LogP contribution >= 0.6 is 0 Å². The fourth-order valence-corrected chi connectivity index (χ4v) is 3.28. The van der Waals surface area contributed by atoms with Gasteiger partial charge in [-0.3, -0.25) is 0 Å². The number of imidazole rings is 1. The summed E-state index contributed by atoms with van der Waals surface area (Å²) >= 11 is 0. The van der Waals surface area contributed by atoms with E-state index in [4.69, 9.17) is 5.73 Å². The van der Waals surface area contributed by atoms with Crippen molar-refractivity contribution >= 4 is 26.8 Å².